The molecule has 240 valence electrons. The van der Waals surface area contributed by atoms with Gasteiger partial charge in [0.1, 0.15) is 5.60 Å². The average molecular weight is 638 g/mol. The lowest BCUT2D eigenvalue weighted by molar-refractivity contribution is -0.156. The Morgan fingerprint density at radius 1 is 0.767 bits per heavy atom. The molecule has 4 rings (SSSR count). The number of nitrogens with two attached hydrogens (primary N) is 1. The highest BCUT2D eigenvalue weighted by atomic mass is 32.2. The smallest absolute Gasteiger partial charge is 0.306 e. The van der Waals surface area contributed by atoms with Gasteiger partial charge in [-0.15, -0.1) is 0 Å². The fourth-order valence-electron chi connectivity index (χ4n) is 5.08. The summed E-state index contributed by atoms with van der Waals surface area (Å²) >= 11 is 0. The highest BCUT2D eigenvalue weighted by Gasteiger charge is 2.25. The molecule has 13 heteroatoms. The van der Waals surface area contributed by atoms with Gasteiger partial charge in [-0.05, 0) is 115 Å². The van der Waals surface area contributed by atoms with Gasteiger partial charge in [-0.1, -0.05) is 0 Å². The van der Waals surface area contributed by atoms with Crippen molar-refractivity contribution in [2.45, 2.75) is 74.3 Å². The lowest BCUT2D eigenvalue weighted by Gasteiger charge is -2.33. The van der Waals surface area contributed by atoms with E-state index in [1.165, 1.54) is 14.1 Å². The third kappa shape index (κ3) is 10.5. The fraction of sp³-hybridized carbons (Fsp3) is 0.567. The van der Waals surface area contributed by atoms with Crippen LogP contribution >= 0.6 is 0 Å². The second-order valence-electron chi connectivity index (χ2n) is 11.9. The molecule has 0 bridgehead atoms. The van der Waals surface area contributed by atoms with Crippen LogP contribution in [0.25, 0.3) is 0 Å². The van der Waals surface area contributed by atoms with E-state index in [0.717, 1.165) is 63.2 Å². The number of carbonyl (C=O) groups excluding carboxylic acids is 1. The Balaban J connectivity index is 0.000000248. The summed E-state index contributed by atoms with van der Waals surface area (Å²) in [6.07, 6.45) is 4.28. The van der Waals surface area contributed by atoms with Crippen LogP contribution in [0.4, 0.5) is 11.4 Å². The second kappa shape index (κ2) is 14.8. The SMILES string of the molecule is CNS(=O)(=O)c1ccc(N2CCC(CC(=O)OC(C)(C)C)CC2)cc1.CNS(=O)(=O)c1ccc(N2CCC(N)CC2)cc1. The summed E-state index contributed by atoms with van der Waals surface area (Å²) in [7, 11) is -3.93. The monoisotopic (exact) mass is 637 g/mol. The lowest BCUT2D eigenvalue weighted by atomic mass is 9.93. The number of nitrogens with one attached hydrogen (secondary N) is 2. The summed E-state index contributed by atoms with van der Waals surface area (Å²) in [6, 6.07) is 14.2. The van der Waals surface area contributed by atoms with Crippen molar-refractivity contribution in [2.24, 2.45) is 11.7 Å². The fourth-order valence-corrected chi connectivity index (χ4v) is 6.54. The molecule has 43 heavy (non-hydrogen) atoms. The van der Waals surface area contributed by atoms with Gasteiger partial charge >= 0.3 is 5.97 Å². The number of rotatable bonds is 8. The molecule has 2 fully saturated rings. The van der Waals surface area contributed by atoms with Crippen LogP contribution in [-0.2, 0) is 29.6 Å². The van der Waals surface area contributed by atoms with Gasteiger partial charge < -0.3 is 20.3 Å². The third-order valence-corrected chi connectivity index (χ3v) is 10.5. The van der Waals surface area contributed by atoms with Gasteiger partial charge in [-0.25, -0.2) is 26.3 Å². The van der Waals surface area contributed by atoms with Gasteiger partial charge in [0, 0.05) is 50.0 Å². The van der Waals surface area contributed by atoms with Crippen LogP contribution in [0.3, 0.4) is 0 Å². The number of nitrogens with zero attached hydrogens (tertiary/aromatic N) is 2. The van der Waals surface area contributed by atoms with E-state index in [0.29, 0.717) is 23.3 Å². The van der Waals surface area contributed by atoms with E-state index in [2.05, 4.69) is 19.2 Å². The van der Waals surface area contributed by atoms with E-state index >= 15 is 0 Å². The summed E-state index contributed by atoms with van der Waals surface area (Å²) < 4.78 is 56.7. The molecular weight excluding hydrogens is 590 g/mol. The maximum Gasteiger partial charge on any atom is 0.306 e. The molecule has 0 radical (unpaired) electrons. The molecule has 0 unspecified atom stereocenters. The van der Waals surface area contributed by atoms with Crippen molar-refractivity contribution >= 4 is 37.4 Å². The summed E-state index contributed by atoms with van der Waals surface area (Å²) in [6.45, 7) is 9.21. The average Bonchev–Trinajstić information content (AvgIpc) is 2.97. The van der Waals surface area contributed by atoms with Crippen molar-refractivity contribution in [3.63, 3.8) is 0 Å². The number of hydrogen-bond acceptors (Lipinski definition) is 9. The first-order chi connectivity index (χ1) is 20.1. The van der Waals surface area contributed by atoms with Crippen molar-refractivity contribution in [3.05, 3.63) is 48.5 Å². The molecule has 2 saturated heterocycles. The number of sulfonamides is 2. The zero-order valence-electron chi connectivity index (χ0n) is 25.9. The van der Waals surface area contributed by atoms with E-state index in [1.807, 2.05) is 45.0 Å². The number of esters is 1. The number of anilines is 2. The highest BCUT2D eigenvalue weighted by Crippen LogP contribution is 2.27. The number of benzene rings is 2. The Labute approximate surface area is 257 Å². The molecule has 2 aromatic rings. The minimum Gasteiger partial charge on any atom is -0.460 e. The van der Waals surface area contributed by atoms with Crippen molar-refractivity contribution in [1.29, 1.82) is 0 Å². The number of carbonyl (C=O) groups is 1. The van der Waals surface area contributed by atoms with E-state index in [-0.39, 0.29) is 10.9 Å². The van der Waals surface area contributed by atoms with Crippen LogP contribution < -0.4 is 25.0 Å². The van der Waals surface area contributed by atoms with E-state index < -0.39 is 25.6 Å². The number of ether oxygens (including phenoxy) is 1. The predicted octanol–water partition coefficient (Wildman–Crippen LogP) is 3.07. The standard InChI is InChI=1S/C18H28N2O4S.C12H19N3O2S/c1-18(2,3)24-17(21)13-14-9-11-20(12-10-14)15-5-7-16(8-6-15)25(22,23)19-4;1-14-18(16,17)12-4-2-11(3-5-12)15-8-6-10(13)7-9-15/h5-8,14,19H,9-13H2,1-4H3;2-5,10,14H,6-9,13H2,1H3. The lowest BCUT2D eigenvalue weighted by Crippen LogP contribution is -2.39. The summed E-state index contributed by atoms with van der Waals surface area (Å²) in [4.78, 5) is 17.0. The van der Waals surface area contributed by atoms with Crippen LogP contribution in [0.15, 0.2) is 58.3 Å². The van der Waals surface area contributed by atoms with Gasteiger partial charge in [0.05, 0.1) is 9.79 Å². The maximum absolute atomic E-state index is 11.9. The van der Waals surface area contributed by atoms with Gasteiger partial charge in [0.2, 0.25) is 20.0 Å². The first-order valence-electron chi connectivity index (χ1n) is 14.7. The van der Waals surface area contributed by atoms with Crippen LogP contribution in [0, 0.1) is 5.92 Å². The predicted molar refractivity (Wildman–Crippen MR) is 170 cm³/mol. The molecule has 2 heterocycles. The van der Waals surface area contributed by atoms with Crippen molar-refractivity contribution in [3.8, 4) is 0 Å². The molecule has 2 aliphatic rings. The molecule has 11 nitrogen and oxygen atoms in total. The van der Waals surface area contributed by atoms with E-state index in [4.69, 9.17) is 10.5 Å². The molecule has 0 atom stereocenters. The van der Waals surface area contributed by atoms with Gasteiger partial charge in [-0.3, -0.25) is 4.79 Å². The van der Waals surface area contributed by atoms with Gasteiger partial charge in [-0.2, -0.15) is 0 Å². The Kier molecular flexibility index (Phi) is 12.0. The Morgan fingerprint density at radius 3 is 1.49 bits per heavy atom. The summed E-state index contributed by atoms with van der Waals surface area (Å²) in [5.74, 6) is 0.211. The molecule has 2 aliphatic heterocycles. The van der Waals surface area contributed by atoms with Crippen LogP contribution in [0.5, 0.6) is 0 Å². The second-order valence-corrected chi connectivity index (χ2v) is 15.7. The van der Waals surface area contributed by atoms with Gasteiger partial charge in [0.15, 0.2) is 0 Å². The van der Waals surface area contributed by atoms with Crippen molar-refractivity contribution < 1.29 is 26.4 Å². The topological polar surface area (TPSA) is 151 Å². The normalized spacial score (nSPS) is 17.3. The zero-order valence-corrected chi connectivity index (χ0v) is 27.5. The van der Waals surface area contributed by atoms with E-state index in [1.54, 1.807) is 24.3 Å². The quantitative estimate of drug-likeness (QED) is 0.371. The molecule has 0 amide bonds. The van der Waals surface area contributed by atoms with Crippen LogP contribution in [0.1, 0.15) is 52.9 Å². The largest absolute Gasteiger partial charge is 0.460 e. The molecular formula is C30H47N5O6S2. The maximum atomic E-state index is 11.9. The first kappa shape index (κ1) is 34.8. The highest BCUT2D eigenvalue weighted by molar-refractivity contribution is 7.89. The summed E-state index contributed by atoms with van der Waals surface area (Å²) in [5.41, 5.74) is 7.48. The molecule has 0 spiro atoms. The van der Waals surface area contributed by atoms with Crippen molar-refractivity contribution in [1.82, 2.24) is 9.44 Å². The first-order valence-corrected chi connectivity index (χ1v) is 17.6. The van der Waals surface area contributed by atoms with Crippen LogP contribution in [0.2, 0.25) is 0 Å². The van der Waals surface area contributed by atoms with E-state index in [9.17, 15) is 21.6 Å². The Bertz CT molecular complexity index is 1390. The molecule has 0 saturated carbocycles. The molecule has 0 aromatic heterocycles. The Morgan fingerprint density at radius 2 is 1.14 bits per heavy atom. The molecule has 0 aliphatic carbocycles. The van der Waals surface area contributed by atoms with Crippen LogP contribution in [-0.4, -0.2) is 74.7 Å². The zero-order chi connectivity index (χ0) is 31.8. The van der Waals surface area contributed by atoms with Gasteiger partial charge in [0.25, 0.3) is 0 Å². The minimum absolute atomic E-state index is 0.132. The van der Waals surface area contributed by atoms with Crippen molar-refractivity contribution in [2.75, 3.05) is 50.1 Å². The minimum atomic E-state index is -3.40. The number of piperidine rings is 2. The molecule has 4 N–H and O–H groups in total. The Hall–Kier alpha value is -2.71. The summed E-state index contributed by atoms with van der Waals surface area (Å²) in [5, 5.41) is 0. The molecule has 2 aromatic carbocycles. The number of hydrogen-bond donors (Lipinski definition) is 3. The third-order valence-electron chi connectivity index (χ3n) is 7.59.